The number of fused-ring (bicyclic) bond motifs is 1. The fourth-order valence-corrected chi connectivity index (χ4v) is 3.69. The number of anilines is 2. The summed E-state index contributed by atoms with van der Waals surface area (Å²) in [6, 6.07) is 2.23. The Balaban J connectivity index is 1.80. The van der Waals surface area contributed by atoms with Crippen LogP contribution >= 0.6 is 0 Å². The van der Waals surface area contributed by atoms with Crippen LogP contribution in [-0.4, -0.2) is 24.5 Å². The van der Waals surface area contributed by atoms with Crippen molar-refractivity contribution >= 4 is 22.5 Å². The molecule has 4 rings (SSSR count). The number of rotatable bonds is 7. The Bertz CT molecular complexity index is 1450. The van der Waals surface area contributed by atoms with Gasteiger partial charge in [-0.1, -0.05) is 6.92 Å². The van der Waals surface area contributed by atoms with Crippen LogP contribution in [0.15, 0.2) is 60.1 Å². The predicted molar refractivity (Wildman–Crippen MR) is 121 cm³/mol. The van der Waals surface area contributed by atoms with Gasteiger partial charge in [0, 0.05) is 42.0 Å². The summed E-state index contributed by atoms with van der Waals surface area (Å²) in [6.07, 6.45) is 1.75. The Labute approximate surface area is 200 Å². The van der Waals surface area contributed by atoms with Gasteiger partial charge in [-0.15, -0.1) is 0 Å². The second-order valence-corrected chi connectivity index (χ2v) is 7.57. The number of nitrogens with zero attached hydrogens (tertiary/aromatic N) is 6. The Morgan fingerprint density at radius 1 is 1.19 bits per heavy atom. The van der Waals surface area contributed by atoms with Gasteiger partial charge in [-0.2, -0.15) is 18.3 Å². The van der Waals surface area contributed by atoms with Crippen LogP contribution in [0.1, 0.15) is 25.2 Å². The van der Waals surface area contributed by atoms with Crippen LogP contribution in [0.5, 0.6) is 0 Å². The fraction of sp³-hybridized carbons (Fsp3) is 0.182. The molecule has 0 aliphatic heterocycles. The molecular formula is C22H18F5N9. The molecule has 14 heteroatoms. The lowest BCUT2D eigenvalue weighted by Crippen LogP contribution is -2.11. The molecule has 0 amide bonds. The first-order chi connectivity index (χ1) is 17.1. The van der Waals surface area contributed by atoms with E-state index in [1.807, 2.05) is 0 Å². The van der Waals surface area contributed by atoms with Gasteiger partial charge in [0.25, 0.3) is 0 Å². The Hall–Kier alpha value is -4.49. The van der Waals surface area contributed by atoms with Crippen molar-refractivity contribution in [2.45, 2.75) is 25.6 Å². The Morgan fingerprint density at radius 3 is 2.56 bits per heavy atom. The van der Waals surface area contributed by atoms with Gasteiger partial charge in [-0.05, 0) is 18.6 Å². The third kappa shape index (κ3) is 4.69. The number of hydrogen-bond acceptors (Lipinski definition) is 8. The molecule has 3 aromatic heterocycles. The normalized spacial score (nSPS) is 13.1. The molecule has 0 radical (unpaired) electrons. The number of nitrogens with two attached hydrogens (primary N) is 1. The van der Waals surface area contributed by atoms with Gasteiger partial charge in [-0.25, -0.2) is 34.2 Å². The van der Waals surface area contributed by atoms with Gasteiger partial charge < -0.3 is 15.6 Å². The average molecular weight is 503 g/mol. The summed E-state index contributed by atoms with van der Waals surface area (Å²) in [5.41, 5.74) is 14.6. The molecule has 3 heterocycles. The molecular weight excluding hydrogens is 485 g/mol. The lowest BCUT2D eigenvalue weighted by molar-refractivity contribution is -0.144. The minimum atomic E-state index is -4.70. The average Bonchev–Trinajstić information content (AvgIpc) is 3.24. The topological polar surface area (TPSA) is 131 Å². The Kier molecular flexibility index (Phi) is 6.59. The highest BCUT2D eigenvalue weighted by Crippen LogP contribution is 2.37. The van der Waals surface area contributed by atoms with E-state index in [0.29, 0.717) is 23.0 Å². The minimum absolute atomic E-state index is 0.0665. The van der Waals surface area contributed by atoms with Crippen molar-refractivity contribution in [2.24, 2.45) is 5.11 Å². The van der Waals surface area contributed by atoms with Gasteiger partial charge >= 0.3 is 6.18 Å². The zero-order valence-electron chi connectivity index (χ0n) is 18.6. The monoisotopic (exact) mass is 503 g/mol. The van der Waals surface area contributed by atoms with Crippen molar-refractivity contribution in [3.05, 3.63) is 72.5 Å². The molecule has 0 aliphatic carbocycles. The highest BCUT2D eigenvalue weighted by Gasteiger charge is 2.34. The molecule has 1 unspecified atom stereocenters. The lowest BCUT2D eigenvalue weighted by Gasteiger charge is -2.18. The summed E-state index contributed by atoms with van der Waals surface area (Å²) >= 11 is 0. The summed E-state index contributed by atoms with van der Waals surface area (Å²) in [6.45, 7) is 1.80. The molecule has 0 spiro atoms. The first-order valence-electron chi connectivity index (χ1n) is 10.4. The first kappa shape index (κ1) is 24.6. The van der Waals surface area contributed by atoms with E-state index in [0.717, 1.165) is 30.6 Å². The van der Waals surface area contributed by atoms with Gasteiger partial charge in [-0.3, -0.25) is 0 Å². The van der Waals surface area contributed by atoms with Crippen LogP contribution in [0, 0.1) is 17.2 Å². The molecule has 9 nitrogen and oxygen atoms in total. The van der Waals surface area contributed by atoms with Crippen LogP contribution < -0.4 is 11.1 Å². The molecule has 4 aromatic rings. The zero-order valence-corrected chi connectivity index (χ0v) is 18.6. The maximum absolute atomic E-state index is 14.0. The summed E-state index contributed by atoms with van der Waals surface area (Å²) in [4.78, 5) is 15.0. The van der Waals surface area contributed by atoms with Gasteiger partial charge in [0.2, 0.25) is 5.82 Å². The molecule has 4 N–H and O–H groups in total. The third-order valence-corrected chi connectivity index (χ3v) is 5.35. The Morgan fingerprint density at radius 2 is 1.92 bits per heavy atom. The maximum atomic E-state index is 14.0. The lowest BCUT2D eigenvalue weighted by atomic mass is 10.1. The predicted octanol–water partition coefficient (Wildman–Crippen LogP) is 5.70. The van der Waals surface area contributed by atoms with Gasteiger partial charge in [0.05, 0.1) is 17.1 Å². The molecule has 0 bridgehead atoms. The van der Waals surface area contributed by atoms with Crippen LogP contribution in [0.3, 0.4) is 0 Å². The van der Waals surface area contributed by atoms with Crippen molar-refractivity contribution in [3.8, 4) is 11.1 Å². The second kappa shape index (κ2) is 9.64. The number of halogens is 5. The minimum Gasteiger partial charge on any atom is -0.383 e. The highest BCUT2D eigenvalue weighted by molar-refractivity contribution is 6.00. The van der Waals surface area contributed by atoms with Crippen LogP contribution in [-0.2, 0) is 6.18 Å². The van der Waals surface area contributed by atoms with Crippen molar-refractivity contribution in [1.82, 2.24) is 24.5 Å². The molecule has 0 fully saturated rings. The standard InChI is InChI=1S/C22H18F5N9/c1-2-17(16(35-29)8-30-15-5-12(23)3-4-14(15)24)36-9-13(18-19(28)33-10-34-20(18)36)11-6-31-21(32-7-11)22(25,26)27/h3-10,17,29-30H,2H2,1H3,(H2,28,33,34)/b16-8-,35-29?. The number of allylic oxidation sites excluding steroid dienone is 1. The van der Waals surface area contributed by atoms with E-state index in [2.05, 4.69) is 30.4 Å². The molecule has 36 heavy (non-hydrogen) atoms. The number of aromatic nitrogens is 5. The second-order valence-electron chi connectivity index (χ2n) is 7.57. The summed E-state index contributed by atoms with van der Waals surface area (Å²) in [5.74, 6) is -2.59. The number of nitrogen functional groups attached to an aromatic ring is 1. The summed E-state index contributed by atoms with van der Waals surface area (Å²) in [5, 5.41) is 6.50. The largest absolute Gasteiger partial charge is 0.451 e. The smallest absolute Gasteiger partial charge is 0.383 e. The quantitative estimate of drug-likeness (QED) is 0.219. The van der Waals surface area contributed by atoms with Gasteiger partial charge in [0.1, 0.15) is 35.1 Å². The van der Waals surface area contributed by atoms with Crippen molar-refractivity contribution < 1.29 is 22.0 Å². The van der Waals surface area contributed by atoms with E-state index in [4.69, 9.17) is 11.3 Å². The number of hydrogen-bond donors (Lipinski definition) is 3. The van der Waals surface area contributed by atoms with E-state index in [1.165, 1.54) is 12.5 Å². The van der Waals surface area contributed by atoms with Crippen molar-refractivity contribution in [1.29, 1.82) is 5.53 Å². The number of benzene rings is 1. The molecule has 0 aliphatic rings. The SMILES string of the molecule is CCC(/C(=C/Nc1cc(F)ccc1F)N=N)n1cc(-c2cnc(C(F)(F)F)nc2)c2c(N)ncnc21. The van der Waals surface area contributed by atoms with E-state index >= 15 is 0 Å². The maximum Gasteiger partial charge on any atom is 0.451 e. The van der Waals surface area contributed by atoms with Gasteiger partial charge in [0.15, 0.2) is 0 Å². The van der Waals surface area contributed by atoms with E-state index in [1.54, 1.807) is 17.7 Å². The van der Waals surface area contributed by atoms with E-state index in [9.17, 15) is 22.0 Å². The van der Waals surface area contributed by atoms with E-state index < -0.39 is 29.7 Å². The summed E-state index contributed by atoms with van der Waals surface area (Å²) in [7, 11) is 0. The summed E-state index contributed by atoms with van der Waals surface area (Å²) < 4.78 is 67.9. The fourth-order valence-electron chi connectivity index (χ4n) is 3.69. The van der Waals surface area contributed by atoms with Crippen molar-refractivity contribution in [3.63, 3.8) is 0 Å². The molecule has 0 saturated carbocycles. The van der Waals surface area contributed by atoms with Crippen molar-refractivity contribution in [2.75, 3.05) is 11.1 Å². The number of nitrogens with one attached hydrogen (secondary N) is 2. The zero-order chi connectivity index (χ0) is 26.0. The highest BCUT2D eigenvalue weighted by atomic mass is 19.4. The first-order valence-corrected chi connectivity index (χ1v) is 10.4. The molecule has 186 valence electrons. The van der Waals surface area contributed by atoms with Crippen LogP contribution in [0.2, 0.25) is 0 Å². The molecule has 1 aromatic carbocycles. The third-order valence-electron chi connectivity index (χ3n) is 5.35. The van der Waals surface area contributed by atoms with Crippen LogP contribution in [0.25, 0.3) is 22.2 Å². The number of alkyl halides is 3. The molecule has 0 saturated heterocycles. The molecule has 1 atom stereocenters. The van der Waals surface area contributed by atoms with Crippen LogP contribution in [0.4, 0.5) is 33.5 Å². The van der Waals surface area contributed by atoms with E-state index in [-0.39, 0.29) is 22.8 Å².